The Kier molecular flexibility index (Phi) is 4.01. The molecule has 6 heteroatoms. The first-order valence-electron chi connectivity index (χ1n) is 6.41. The van der Waals surface area contributed by atoms with Crippen molar-refractivity contribution in [3.8, 4) is 0 Å². The summed E-state index contributed by atoms with van der Waals surface area (Å²) in [6.07, 6.45) is 1.52. The van der Waals surface area contributed by atoms with Gasteiger partial charge >= 0.3 is 5.97 Å². The molecule has 1 aliphatic carbocycles. The lowest BCUT2D eigenvalue weighted by atomic mass is 9.76. The summed E-state index contributed by atoms with van der Waals surface area (Å²) in [5.41, 5.74) is -1.06. The number of aryl methyl sites for hydroxylation is 1. The first-order valence-corrected chi connectivity index (χ1v) is 6.41. The molecule has 0 saturated heterocycles. The molecule has 0 radical (unpaired) electrons. The Hall–Kier alpha value is -1.98. The number of carboxylic acid groups (broad SMARTS) is 1. The van der Waals surface area contributed by atoms with E-state index in [1.54, 1.807) is 0 Å². The number of nitrogens with one attached hydrogen (secondary N) is 1. The standard InChI is InChI=1S/C14H15F2NO3/c15-10-3-4-11(16)9(8-10)2-5-12(18)17-14(13(19)20)6-1-7-14/h3-4,8H,1-2,5-7H2,(H,17,18)(H,19,20). The second kappa shape index (κ2) is 5.56. The van der Waals surface area contributed by atoms with Crippen molar-refractivity contribution < 1.29 is 23.5 Å². The fraction of sp³-hybridized carbons (Fsp3) is 0.429. The maximum atomic E-state index is 13.4. The van der Waals surface area contributed by atoms with Crippen LogP contribution < -0.4 is 5.32 Å². The number of halogens is 2. The second-order valence-electron chi connectivity index (χ2n) is 5.02. The number of hydrogen-bond acceptors (Lipinski definition) is 2. The Morgan fingerprint density at radius 3 is 2.55 bits per heavy atom. The fourth-order valence-corrected chi connectivity index (χ4v) is 2.24. The molecule has 1 aromatic rings. The van der Waals surface area contributed by atoms with Crippen molar-refractivity contribution in [1.29, 1.82) is 0 Å². The van der Waals surface area contributed by atoms with Gasteiger partial charge in [0, 0.05) is 6.42 Å². The molecule has 0 bridgehead atoms. The summed E-state index contributed by atoms with van der Waals surface area (Å²) in [6, 6.07) is 3.05. The van der Waals surface area contributed by atoms with E-state index in [4.69, 9.17) is 5.11 Å². The van der Waals surface area contributed by atoms with Gasteiger partial charge in [-0.25, -0.2) is 13.6 Å². The van der Waals surface area contributed by atoms with Crippen molar-refractivity contribution in [2.24, 2.45) is 0 Å². The highest BCUT2D eigenvalue weighted by Crippen LogP contribution is 2.32. The zero-order valence-electron chi connectivity index (χ0n) is 10.8. The molecule has 108 valence electrons. The van der Waals surface area contributed by atoms with E-state index in [9.17, 15) is 18.4 Å². The van der Waals surface area contributed by atoms with E-state index < -0.39 is 29.0 Å². The van der Waals surface area contributed by atoms with Crippen LogP contribution in [0.2, 0.25) is 0 Å². The second-order valence-corrected chi connectivity index (χ2v) is 5.02. The van der Waals surface area contributed by atoms with Crippen LogP contribution in [0.5, 0.6) is 0 Å². The summed E-state index contributed by atoms with van der Waals surface area (Å²) in [7, 11) is 0. The van der Waals surface area contributed by atoms with Crippen molar-refractivity contribution in [3.63, 3.8) is 0 Å². The molecule has 1 aromatic carbocycles. The minimum absolute atomic E-state index is 0.0329. The van der Waals surface area contributed by atoms with E-state index in [2.05, 4.69) is 5.32 Å². The SMILES string of the molecule is O=C(CCc1cc(F)ccc1F)NC1(C(=O)O)CCC1. The summed E-state index contributed by atoms with van der Waals surface area (Å²) in [5, 5.41) is 11.6. The zero-order chi connectivity index (χ0) is 14.8. The average Bonchev–Trinajstić information content (AvgIpc) is 2.34. The third-order valence-electron chi connectivity index (χ3n) is 3.62. The van der Waals surface area contributed by atoms with E-state index in [0.29, 0.717) is 12.8 Å². The van der Waals surface area contributed by atoms with Crippen LogP contribution in [0.15, 0.2) is 18.2 Å². The van der Waals surface area contributed by atoms with Crippen LogP contribution >= 0.6 is 0 Å². The number of aliphatic carboxylic acids is 1. The van der Waals surface area contributed by atoms with Crippen molar-refractivity contribution in [2.45, 2.75) is 37.6 Å². The molecular formula is C14H15F2NO3. The molecule has 2 N–H and O–H groups in total. The van der Waals surface area contributed by atoms with Gasteiger partial charge in [-0.15, -0.1) is 0 Å². The van der Waals surface area contributed by atoms with Crippen LogP contribution in [0.1, 0.15) is 31.2 Å². The van der Waals surface area contributed by atoms with Gasteiger partial charge in [0.1, 0.15) is 17.2 Å². The van der Waals surface area contributed by atoms with Crippen LogP contribution in [0.4, 0.5) is 8.78 Å². The lowest BCUT2D eigenvalue weighted by Crippen LogP contribution is -2.59. The van der Waals surface area contributed by atoms with E-state index in [1.807, 2.05) is 0 Å². The topological polar surface area (TPSA) is 66.4 Å². The molecular weight excluding hydrogens is 268 g/mol. The summed E-state index contributed by atoms with van der Waals surface area (Å²) < 4.78 is 26.3. The third-order valence-corrected chi connectivity index (χ3v) is 3.62. The first kappa shape index (κ1) is 14.4. The monoisotopic (exact) mass is 283 g/mol. The predicted octanol–water partition coefficient (Wildman–Crippen LogP) is 2.02. The molecule has 2 rings (SSSR count). The van der Waals surface area contributed by atoms with Crippen molar-refractivity contribution in [3.05, 3.63) is 35.4 Å². The number of carbonyl (C=O) groups is 2. The molecule has 0 heterocycles. The quantitative estimate of drug-likeness (QED) is 0.868. The number of benzene rings is 1. The Balaban J connectivity index is 1.92. The Labute approximate surface area is 114 Å². The number of rotatable bonds is 5. The lowest BCUT2D eigenvalue weighted by Gasteiger charge is -2.38. The number of carboxylic acids is 1. The highest BCUT2D eigenvalue weighted by atomic mass is 19.1. The normalized spacial score (nSPS) is 16.3. The van der Waals surface area contributed by atoms with E-state index in [-0.39, 0.29) is 18.4 Å². The number of hydrogen-bond donors (Lipinski definition) is 2. The van der Waals surface area contributed by atoms with Crippen LogP contribution in [0.3, 0.4) is 0 Å². The highest BCUT2D eigenvalue weighted by Gasteiger charge is 2.45. The number of carbonyl (C=O) groups excluding carboxylic acids is 1. The summed E-state index contributed by atoms with van der Waals surface area (Å²) in [4.78, 5) is 22.8. The van der Waals surface area contributed by atoms with Crippen molar-refractivity contribution in [1.82, 2.24) is 5.32 Å². The molecule has 1 amide bonds. The highest BCUT2D eigenvalue weighted by molar-refractivity contribution is 5.87. The molecule has 1 aliphatic rings. The van der Waals surface area contributed by atoms with Gasteiger partial charge in [0.2, 0.25) is 5.91 Å². The summed E-state index contributed by atoms with van der Waals surface area (Å²) >= 11 is 0. The Morgan fingerprint density at radius 1 is 1.30 bits per heavy atom. The van der Waals surface area contributed by atoms with Crippen LogP contribution in [0.25, 0.3) is 0 Å². The predicted molar refractivity (Wildman–Crippen MR) is 67.0 cm³/mol. The summed E-state index contributed by atoms with van der Waals surface area (Å²) in [5.74, 6) is -2.65. The third kappa shape index (κ3) is 2.95. The van der Waals surface area contributed by atoms with Gasteiger partial charge in [-0.05, 0) is 49.4 Å². The average molecular weight is 283 g/mol. The van der Waals surface area contributed by atoms with E-state index in [0.717, 1.165) is 24.6 Å². The largest absolute Gasteiger partial charge is 0.480 e. The summed E-state index contributed by atoms with van der Waals surface area (Å²) in [6.45, 7) is 0. The van der Waals surface area contributed by atoms with Crippen LogP contribution in [-0.4, -0.2) is 22.5 Å². The molecule has 0 spiro atoms. The van der Waals surface area contributed by atoms with Gasteiger partial charge in [-0.1, -0.05) is 0 Å². The Bertz CT molecular complexity index is 541. The number of amides is 1. The van der Waals surface area contributed by atoms with E-state index in [1.165, 1.54) is 0 Å². The molecule has 4 nitrogen and oxygen atoms in total. The van der Waals surface area contributed by atoms with Crippen LogP contribution in [0, 0.1) is 11.6 Å². The molecule has 0 atom stereocenters. The molecule has 0 unspecified atom stereocenters. The van der Waals surface area contributed by atoms with Gasteiger partial charge in [0.15, 0.2) is 0 Å². The van der Waals surface area contributed by atoms with Crippen molar-refractivity contribution in [2.75, 3.05) is 0 Å². The minimum Gasteiger partial charge on any atom is -0.480 e. The molecule has 0 aliphatic heterocycles. The van der Waals surface area contributed by atoms with Gasteiger partial charge in [0.25, 0.3) is 0 Å². The first-order chi connectivity index (χ1) is 9.43. The minimum atomic E-state index is -1.17. The van der Waals surface area contributed by atoms with Crippen LogP contribution in [-0.2, 0) is 16.0 Å². The zero-order valence-corrected chi connectivity index (χ0v) is 10.8. The van der Waals surface area contributed by atoms with Gasteiger partial charge in [-0.2, -0.15) is 0 Å². The lowest BCUT2D eigenvalue weighted by molar-refractivity contribution is -0.151. The van der Waals surface area contributed by atoms with Gasteiger partial charge in [-0.3, -0.25) is 4.79 Å². The maximum absolute atomic E-state index is 13.4. The molecule has 1 fully saturated rings. The molecule has 0 aromatic heterocycles. The maximum Gasteiger partial charge on any atom is 0.329 e. The fourth-order valence-electron chi connectivity index (χ4n) is 2.24. The van der Waals surface area contributed by atoms with Gasteiger partial charge in [0.05, 0.1) is 0 Å². The van der Waals surface area contributed by atoms with Gasteiger partial charge < -0.3 is 10.4 Å². The smallest absolute Gasteiger partial charge is 0.329 e. The molecule has 1 saturated carbocycles. The Morgan fingerprint density at radius 2 is 2.00 bits per heavy atom. The molecule has 20 heavy (non-hydrogen) atoms. The van der Waals surface area contributed by atoms with Crippen molar-refractivity contribution >= 4 is 11.9 Å². The van der Waals surface area contributed by atoms with E-state index >= 15 is 0 Å².